The number of hydrogen-bond acceptors (Lipinski definition) is 2. The molecule has 0 aromatic heterocycles. The highest BCUT2D eigenvalue weighted by atomic mass is 79.9. The molecule has 3 nitrogen and oxygen atoms in total. The van der Waals surface area contributed by atoms with Crippen molar-refractivity contribution in [2.75, 3.05) is 5.32 Å². The van der Waals surface area contributed by atoms with Crippen LogP contribution in [0, 0.1) is 0 Å². The first kappa shape index (κ1) is 12.4. The molecule has 1 unspecified atom stereocenters. The lowest BCUT2D eigenvalue weighted by molar-refractivity contribution is -0.115. The number of aliphatic hydroxyl groups is 1. The van der Waals surface area contributed by atoms with Gasteiger partial charge in [0, 0.05) is 10.2 Å². The van der Waals surface area contributed by atoms with Crippen molar-refractivity contribution >= 4 is 27.5 Å². The first-order valence-electron chi connectivity index (χ1n) is 6.00. The second-order valence-corrected chi connectivity index (χ2v) is 5.51. The first-order valence-corrected chi connectivity index (χ1v) is 6.79. The average molecular weight is 318 g/mol. The third-order valence-electron chi connectivity index (χ3n) is 3.23. The number of nitrogens with one attached hydrogen (secondary N) is 1. The summed E-state index contributed by atoms with van der Waals surface area (Å²) in [6.45, 7) is 0. The molecular formula is C15H12BrNO2. The second-order valence-electron chi connectivity index (χ2n) is 4.60. The fraction of sp³-hybridized carbons (Fsp3) is 0.133. The van der Waals surface area contributed by atoms with Crippen molar-refractivity contribution in [2.45, 2.75) is 12.5 Å². The quantitative estimate of drug-likeness (QED) is 0.894. The minimum absolute atomic E-state index is 0.00379. The first-order chi connectivity index (χ1) is 9.13. The molecule has 1 heterocycles. The van der Waals surface area contributed by atoms with Crippen molar-refractivity contribution < 1.29 is 9.90 Å². The smallest absolute Gasteiger partial charge is 0.228 e. The van der Waals surface area contributed by atoms with Gasteiger partial charge in [-0.05, 0) is 34.9 Å². The number of fused-ring (bicyclic) bond motifs is 1. The summed E-state index contributed by atoms with van der Waals surface area (Å²) in [5.41, 5.74) is 3.41. The fourth-order valence-corrected chi connectivity index (χ4v) is 2.71. The molecule has 2 N–H and O–H groups in total. The molecule has 0 spiro atoms. The molecule has 19 heavy (non-hydrogen) atoms. The topological polar surface area (TPSA) is 49.3 Å². The Balaban J connectivity index is 1.95. The molecule has 1 amide bonds. The van der Waals surface area contributed by atoms with Gasteiger partial charge >= 0.3 is 0 Å². The van der Waals surface area contributed by atoms with Crippen LogP contribution in [0.5, 0.6) is 0 Å². The van der Waals surface area contributed by atoms with Gasteiger partial charge in [-0.15, -0.1) is 0 Å². The van der Waals surface area contributed by atoms with E-state index in [-0.39, 0.29) is 5.91 Å². The van der Waals surface area contributed by atoms with E-state index in [1.54, 1.807) is 0 Å². The van der Waals surface area contributed by atoms with Crippen LogP contribution in [0.4, 0.5) is 5.69 Å². The Morgan fingerprint density at radius 3 is 2.74 bits per heavy atom. The van der Waals surface area contributed by atoms with Crippen LogP contribution in [0.3, 0.4) is 0 Å². The minimum Gasteiger partial charge on any atom is -0.384 e. The highest BCUT2D eigenvalue weighted by Gasteiger charge is 2.19. The molecule has 1 atom stereocenters. The number of anilines is 1. The molecule has 96 valence electrons. The zero-order valence-electron chi connectivity index (χ0n) is 10.1. The summed E-state index contributed by atoms with van der Waals surface area (Å²) in [5.74, 6) is 0.00379. The Bertz CT molecular complexity index is 654. The van der Waals surface area contributed by atoms with Crippen molar-refractivity contribution in [3.8, 4) is 0 Å². The zero-order valence-corrected chi connectivity index (χ0v) is 11.6. The Morgan fingerprint density at radius 2 is 1.95 bits per heavy atom. The SMILES string of the molecule is O=C1Cc2cc(C(O)c3cccc(Br)c3)ccc2N1. The molecule has 0 aliphatic carbocycles. The molecule has 1 aliphatic heterocycles. The lowest BCUT2D eigenvalue weighted by Gasteiger charge is -2.13. The van der Waals surface area contributed by atoms with Crippen LogP contribution in [0.15, 0.2) is 46.9 Å². The molecule has 0 radical (unpaired) electrons. The number of rotatable bonds is 2. The van der Waals surface area contributed by atoms with Gasteiger partial charge in [-0.25, -0.2) is 0 Å². The zero-order chi connectivity index (χ0) is 13.4. The number of amides is 1. The molecule has 0 saturated heterocycles. The van der Waals surface area contributed by atoms with Gasteiger partial charge in [-0.3, -0.25) is 4.79 Å². The molecule has 3 rings (SSSR count). The summed E-state index contributed by atoms with van der Waals surface area (Å²) in [7, 11) is 0. The maximum absolute atomic E-state index is 11.3. The lowest BCUT2D eigenvalue weighted by Crippen LogP contribution is -2.03. The van der Waals surface area contributed by atoms with Crippen LogP contribution >= 0.6 is 15.9 Å². The number of carbonyl (C=O) groups is 1. The van der Waals surface area contributed by atoms with Gasteiger partial charge in [0.05, 0.1) is 6.42 Å². The van der Waals surface area contributed by atoms with E-state index in [4.69, 9.17) is 0 Å². The van der Waals surface area contributed by atoms with Gasteiger partial charge in [0.1, 0.15) is 6.10 Å². The molecule has 1 aliphatic rings. The summed E-state index contributed by atoms with van der Waals surface area (Å²) >= 11 is 3.39. The highest BCUT2D eigenvalue weighted by molar-refractivity contribution is 9.10. The van der Waals surface area contributed by atoms with E-state index in [0.29, 0.717) is 6.42 Å². The molecular weight excluding hydrogens is 306 g/mol. The second kappa shape index (κ2) is 4.79. The van der Waals surface area contributed by atoms with E-state index in [1.807, 2.05) is 42.5 Å². The minimum atomic E-state index is -0.682. The Hall–Kier alpha value is -1.65. The van der Waals surface area contributed by atoms with Crippen molar-refractivity contribution in [3.63, 3.8) is 0 Å². The predicted octanol–water partition coefficient (Wildman–Crippen LogP) is 3.03. The van der Waals surface area contributed by atoms with E-state index in [0.717, 1.165) is 26.9 Å². The normalized spacial score (nSPS) is 14.9. The number of halogens is 1. The maximum atomic E-state index is 11.3. The van der Waals surface area contributed by atoms with E-state index in [9.17, 15) is 9.90 Å². The fourth-order valence-electron chi connectivity index (χ4n) is 2.29. The molecule has 2 aromatic carbocycles. The van der Waals surface area contributed by atoms with Crippen molar-refractivity contribution in [2.24, 2.45) is 0 Å². The van der Waals surface area contributed by atoms with Gasteiger partial charge in [0.25, 0.3) is 0 Å². The van der Waals surface area contributed by atoms with Crippen LogP contribution in [0.1, 0.15) is 22.8 Å². The third kappa shape index (κ3) is 2.41. The number of hydrogen-bond donors (Lipinski definition) is 2. The van der Waals surface area contributed by atoms with Crippen LogP contribution in [0.2, 0.25) is 0 Å². The van der Waals surface area contributed by atoms with E-state index in [1.165, 1.54) is 0 Å². The van der Waals surface area contributed by atoms with Crippen LogP contribution < -0.4 is 5.32 Å². The maximum Gasteiger partial charge on any atom is 0.228 e. The summed E-state index contributed by atoms with van der Waals surface area (Å²) in [6.07, 6.45) is -0.299. The number of carbonyl (C=O) groups excluding carboxylic acids is 1. The number of aliphatic hydroxyl groups excluding tert-OH is 1. The Labute approximate surface area is 119 Å². The van der Waals surface area contributed by atoms with Gasteiger partial charge in [-0.1, -0.05) is 40.2 Å². The summed E-state index contributed by atoms with van der Waals surface area (Å²) in [5, 5.41) is 13.2. The van der Waals surface area contributed by atoms with Crippen LogP contribution in [-0.4, -0.2) is 11.0 Å². The third-order valence-corrected chi connectivity index (χ3v) is 3.73. The Kier molecular flexibility index (Phi) is 3.12. The van der Waals surface area contributed by atoms with Gasteiger partial charge in [-0.2, -0.15) is 0 Å². The molecule has 2 aromatic rings. The molecule has 0 bridgehead atoms. The Morgan fingerprint density at radius 1 is 1.16 bits per heavy atom. The number of benzene rings is 2. The standard InChI is InChI=1S/C15H12BrNO2/c16-12-3-1-2-9(7-12)15(19)10-4-5-13-11(6-10)8-14(18)17-13/h1-7,15,19H,8H2,(H,17,18). The molecule has 0 saturated carbocycles. The summed E-state index contributed by atoms with van der Waals surface area (Å²) in [4.78, 5) is 11.3. The van der Waals surface area contributed by atoms with Gasteiger partial charge in [0.2, 0.25) is 5.91 Å². The molecule has 4 heteroatoms. The van der Waals surface area contributed by atoms with Crippen molar-refractivity contribution in [1.82, 2.24) is 0 Å². The van der Waals surface area contributed by atoms with Gasteiger partial charge in [0.15, 0.2) is 0 Å². The van der Waals surface area contributed by atoms with E-state index < -0.39 is 6.10 Å². The largest absolute Gasteiger partial charge is 0.384 e. The van der Waals surface area contributed by atoms with Crippen LogP contribution in [0.25, 0.3) is 0 Å². The predicted molar refractivity (Wildman–Crippen MR) is 77.0 cm³/mol. The lowest BCUT2D eigenvalue weighted by atomic mass is 9.99. The monoisotopic (exact) mass is 317 g/mol. The summed E-state index contributed by atoms with van der Waals surface area (Å²) in [6, 6.07) is 13.2. The van der Waals surface area contributed by atoms with E-state index in [2.05, 4.69) is 21.2 Å². The van der Waals surface area contributed by atoms with Crippen LogP contribution in [-0.2, 0) is 11.2 Å². The van der Waals surface area contributed by atoms with Gasteiger partial charge < -0.3 is 10.4 Å². The summed E-state index contributed by atoms with van der Waals surface area (Å²) < 4.78 is 0.932. The van der Waals surface area contributed by atoms with Crippen molar-refractivity contribution in [1.29, 1.82) is 0 Å². The van der Waals surface area contributed by atoms with Crippen molar-refractivity contribution in [3.05, 3.63) is 63.6 Å². The average Bonchev–Trinajstić information content (AvgIpc) is 2.76. The molecule has 0 fully saturated rings. The highest BCUT2D eigenvalue weighted by Crippen LogP contribution is 2.30. The van der Waals surface area contributed by atoms with E-state index >= 15 is 0 Å².